The lowest BCUT2D eigenvalue weighted by atomic mass is 10.0. The lowest BCUT2D eigenvalue weighted by Gasteiger charge is -2.17. The number of hydrogen-bond acceptors (Lipinski definition) is 7. The summed E-state index contributed by atoms with van der Waals surface area (Å²) in [5.74, 6) is -0.413. The maximum absolute atomic E-state index is 13.2. The van der Waals surface area contributed by atoms with Gasteiger partial charge in [-0.1, -0.05) is 41.9 Å². The van der Waals surface area contributed by atoms with E-state index in [0.717, 1.165) is 16.9 Å². The van der Waals surface area contributed by atoms with Crippen LogP contribution < -0.4 is 16.0 Å². The van der Waals surface area contributed by atoms with Crippen LogP contribution in [0.15, 0.2) is 60.8 Å². The van der Waals surface area contributed by atoms with E-state index in [1.54, 1.807) is 12.3 Å². The molecule has 8 nitrogen and oxygen atoms in total. The Morgan fingerprint density at radius 2 is 1.71 bits per heavy atom. The fraction of sp³-hybridized carbons (Fsp3) is 0.192. The molecule has 9 heteroatoms. The number of nitrogens with two attached hydrogens (primary N) is 1. The van der Waals surface area contributed by atoms with E-state index in [1.165, 1.54) is 0 Å². The van der Waals surface area contributed by atoms with Gasteiger partial charge >= 0.3 is 0 Å². The minimum atomic E-state index is -0.446. The molecule has 1 amide bonds. The van der Waals surface area contributed by atoms with Crippen LogP contribution in [0.25, 0.3) is 22.5 Å². The maximum Gasteiger partial charge on any atom is 0.274 e. The van der Waals surface area contributed by atoms with E-state index in [2.05, 4.69) is 25.3 Å². The van der Waals surface area contributed by atoms with Crippen molar-refractivity contribution in [1.29, 1.82) is 0 Å². The molecule has 3 heterocycles. The van der Waals surface area contributed by atoms with Crippen molar-refractivity contribution in [2.75, 3.05) is 24.7 Å². The molecule has 178 valence electrons. The highest BCUT2D eigenvalue weighted by molar-refractivity contribution is 6.29. The van der Waals surface area contributed by atoms with Crippen LogP contribution in [0.5, 0.6) is 0 Å². The summed E-state index contributed by atoms with van der Waals surface area (Å²) in [6, 6.07) is 16.5. The smallest absolute Gasteiger partial charge is 0.274 e. The Kier molecular flexibility index (Phi) is 6.93. The molecular weight excluding hydrogens is 462 g/mol. The van der Waals surface area contributed by atoms with Crippen LogP contribution in [0.3, 0.4) is 0 Å². The highest BCUT2D eigenvalue weighted by Crippen LogP contribution is 2.32. The highest BCUT2D eigenvalue weighted by Gasteiger charge is 2.22. The molecule has 0 bridgehead atoms. The molecule has 1 atom stereocenters. The van der Waals surface area contributed by atoms with Gasteiger partial charge in [0.1, 0.15) is 5.15 Å². The van der Waals surface area contributed by atoms with E-state index in [9.17, 15) is 4.79 Å². The van der Waals surface area contributed by atoms with Crippen molar-refractivity contribution in [3.63, 3.8) is 0 Å². The number of benzene rings is 1. The van der Waals surface area contributed by atoms with Crippen molar-refractivity contribution in [1.82, 2.24) is 25.3 Å². The third kappa shape index (κ3) is 5.38. The number of nitrogens with one attached hydrogen (secondary N) is 1. The van der Waals surface area contributed by atoms with Gasteiger partial charge in [-0.25, -0.2) is 15.0 Å². The van der Waals surface area contributed by atoms with Crippen LogP contribution in [0.2, 0.25) is 5.15 Å². The Morgan fingerprint density at radius 1 is 1.00 bits per heavy atom. The first-order chi connectivity index (χ1) is 16.7. The van der Waals surface area contributed by atoms with Crippen molar-refractivity contribution in [3.8, 4) is 22.5 Å². The number of rotatable bonds is 6. The molecule has 35 heavy (non-hydrogen) atoms. The summed E-state index contributed by atoms with van der Waals surface area (Å²) in [5.41, 5.74) is 11.2. The summed E-state index contributed by atoms with van der Waals surface area (Å²) in [6.45, 7) is 3.69. The Bertz CT molecular complexity index is 1340. The van der Waals surface area contributed by atoms with Gasteiger partial charge in [0.05, 0.1) is 35.0 Å². The first kappa shape index (κ1) is 24.1. The van der Waals surface area contributed by atoms with Gasteiger partial charge in [0, 0.05) is 30.9 Å². The third-order valence-electron chi connectivity index (χ3n) is 5.46. The molecule has 0 saturated heterocycles. The molecule has 0 aliphatic heterocycles. The Morgan fingerprint density at radius 3 is 2.34 bits per heavy atom. The lowest BCUT2D eigenvalue weighted by Crippen LogP contribution is -2.29. The van der Waals surface area contributed by atoms with Gasteiger partial charge in [0.25, 0.3) is 5.91 Å². The monoisotopic (exact) mass is 487 g/mol. The zero-order valence-corrected chi connectivity index (χ0v) is 20.7. The molecular formula is C26H26ClN7O. The van der Waals surface area contributed by atoms with Gasteiger partial charge < -0.3 is 16.0 Å². The zero-order valence-electron chi connectivity index (χ0n) is 20.0. The van der Waals surface area contributed by atoms with E-state index in [0.29, 0.717) is 27.8 Å². The quantitative estimate of drug-likeness (QED) is 0.379. The SMILES string of the molecule is Cc1cc(-c2nc(C(=O)NC(C)c3ccc(N(C)C)cn3)c(N)nc2-c2ccccc2)cc(Cl)n1. The average molecular weight is 488 g/mol. The van der Waals surface area contributed by atoms with Gasteiger partial charge in [-0.05, 0) is 38.1 Å². The number of hydrogen-bond donors (Lipinski definition) is 2. The third-order valence-corrected chi connectivity index (χ3v) is 5.65. The van der Waals surface area contributed by atoms with E-state index >= 15 is 0 Å². The van der Waals surface area contributed by atoms with Crippen molar-refractivity contribution >= 4 is 29.0 Å². The fourth-order valence-electron chi connectivity index (χ4n) is 3.64. The van der Waals surface area contributed by atoms with Crippen LogP contribution in [-0.4, -0.2) is 39.9 Å². The van der Waals surface area contributed by atoms with Gasteiger partial charge in [-0.3, -0.25) is 9.78 Å². The standard InChI is InChI=1S/C26H26ClN7O/c1-15-12-18(13-21(27)30-15)23-22(17-8-6-5-7-9-17)33-25(28)24(32-23)26(35)31-16(2)20-11-10-19(14-29-20)34(3)4/h5-14,16H,1-4H3,(H2,28,33)(H,31,35). The molecule has 0 aliphatic carbocycles. The van der Waals surface area contributed by atoms with Gasteiger partial charge in [0.2, 0.25) is 0 Å². The number of pyridine rings is 2. The number of amides is 1. The van der Waals surface area contributed by atoms with Crippen LogP contribution in [0.1, 0.15) is 34.8 Å². The average Bonchev–Trinajstić information content (AvgIpc) is 2.83. The van der Waals surface area contributed by atoms with Crippen LogP contribution in [0, 0.1) is 6.92 Å². The minimum absolute atomic E-state index is 0.0297. The summed E-state index contributed by atoms with van der Waals surface area (Å²) in [5, 5.41) is 3.25. The second-order valence-corrected chi connectivity index (χ2v) is 8.76. The molecule has 4 rings (SSSR count). The predicted octanol–water partition coefficient (Wildman–Crippen LogP) is 4.70. The largest absolute Gasteiger partial charge is 0.382 e. The maximum atomic E-state index is 13.2. The summed E-state index contributed by atoms with van der Waals surface area (Å²) >= 11 is 6.23. The molecule has 0 spiro atoms. The summed E-state index contributed by atoms with van der Waals surface area (Å²) in [7, 11) is 3.88. The van der Waals surface area contributed by atoms with Crippen molar-refractivity contribution in [3.05, 3.63) is 83.0 Å². The summed E-state index contributed by atoms with van der Waals surface area (Å²) in [4.78, 5) is 33.1. The van der Waals surface area contributed by atoms with Crippen LogP contribution in [0.4, 0.5) is 11.5 Å². The second-order valence-electron chi connectivity index (χ2n) is 8.37. The molecule has 3 N–H and O–H groups in total. The van der Waals surface area contributed by atoms with Crippen molar-refractivity contribution in [2.24, 2.45) is 0 Å². The predicted molar refractivity (Wildman–Crippen MR) is 139 cm³/mol. The number of aromatic nitrogens is 4. The normalized spacial score (nSPS) is 11.7. The van der Waals surface area contributed by atoms with E-state index in [-0.39, 0.29) is 17.6 Å². The van der Waals surface area contributed by atoms with Gasteiger partial charge in [-0.2, -0.15) is 0 Å². The number of carbonyl (C=O) groups is 1. The number of anilines is 2. The molecule has 0 radical (unpaired) electrons. The Balaban J connectivity index is 1.73. The number of nitrogen functional groups attached to an aromatic ring is 1. The Labute approximate surface area is 209 Å². The van der Waals surface area contributed by atoms with Gasteiger partial charge in [0.15, 0.2) is 11.5 Å². The van der Waals surface area contributed by atoms with E-state index in [1.807, 2.05) is 81.4 Å². The van der Waals surface area contributed by atoms with Gasteiger partial charge in [-0.15, -0.1) is 0 Å². The number of halogens is 1. The zero-order chi connectivity index (χ0) is 25.1. The minimum Gasteiger partial charge on any atom is -0.382 e. The van der Waals surface area contributed by atoms with Crippen LogP contribution >= 0.6 is 11.6 Å². The molecule has 4 aromatic rings. The number of nitrogens with zero attached hydrogens (tertiary/aromatic N) is 5. The summed E-state index contributed by atoms with van der Waals surface area (Å²) in [6.07, 6.45) is 1.76. The lowest BCUT2D eigenvalue weighted by molar-refractivity contribution is 0.0935. The molecule has 3 aromatic heterocycles. The second kappa shape index (κ2) is 10.1. The fourth-order valence-corrected chi connectivity index (χ4v) is 3.89. The van der Waals surface area contributed by atoms with E-state index < -0.39 is 5.91 Å². The number of carbonyl (C=O) groups excluding carboxylic acids is 1. The highest BCUT2D eigenvalue weighted by atomic mass is 35.5. The van der Waals surface area contributed by atoms with Crippen molar-refractivity contribution in [2.45, 2.75) is 19.9 Å². The number of aryl methyl sites for hydroxylation is 1. The molecule has 0 fully saturated rings. The first-order valence-electron chi connectivity index (χ1n) is 11.0. The molecule has 1 unspecified atom stereocenters. The Hall–Kier alpha value is -4.04. The van der Waals surface area contributed by atoms with Crippen LogP contribution in [-0.2, 0) is 0 Å². The molecule has 0 saturated carbocycles. The topological polar surface area (TPSA) is 110 Å². The van der Waals surface area contributed by atoms with Crippen molar-refractivity contribution < 1.29 is 4.79 Å². The van der Waals surface area contributed by atoms with E-state index in [4.69, 9.17) is 17.3 Å². The molecule has 0 aliphatic rings. The summed E-state index contributed by atoms with van der Waals surface area (Å²) < 4.78 is 0. The first-order valence-corrected chi connectivity index (χ1v) is 11.4. The molecule has 1 aromatic carbocycles.